The van der Waals surface area contributed by atoms with Crippen LogP contribution in [0.2, 0.25) is 5.02 Å². The SMILES string of the molecule is CCOC(=O)C1=CN(Cc2ccc(Cl)cc2)C=C(C(=O)OCC)C1c1ccccc1OCC. The van der Waals surface area contributed by atoms with Crippen molar-refractivity contribution in [1.82, 2.24) is 4.90 Å². The number of rotatable bonds is 9. The number of hydrogen-bond donors (Lipinski definition) is 0. The monoisotopic (exact) mass is 469 g/mol. The number of carbonyl (C=O) groups excluding carboxylic acids is 2. The molecule has 0 fully saturated rings. The quantitative estimate of drug-likeness (QED) is 0.468. The summed E-state index contributed by atoms with van der Waals surface area (Å²) in [5.41, 5.74) is 2.34. The molecule has 0 N–H and O–H groups in total. The topological polar surface area (TPSA) is 65.1 Å². The van der Waals surface area contributed by atoms with E-state index in [1.165, 1.54) is 0 Å². The van der Waals surface area contributed by atoms with Crippen molar-refractivity contribution in [2.24, 2.45) is 0 Å². The van der Waals surface area contributed by atoms with E-state index in [4.69, 9.17) is 25.8 Å². The third-order valence-corrected chi connectivity index (χ3v) is 5.31. The normalized spacial score (nSPS) is 13.8. The molecular formula is C26H28ClNO5. The van der Waals surface area contributed by atoms with Gasteiger partial charge in [-0.25, -0.2) is 9.59 Å². The molecule has 1 aliphatic heterocycles. The second-order valence-electron chi connectivity index (χ2n) is 7.31. The van der Waals surface area contributed by atoms with Crippen LogP contribution >= 0.6 is 11.6 Å². The Morgan fingerprint density at radius 1 is 0.848 bits per heavy atom. The maximum atomic E-state index is 13.1. The van der Waals surface area contributed by atoms with Crippen LogP contribution in [-0.4, -0.2) is 36.7 Å². The van der Waals surface area contributed by atoms with E-state index in [-0.39, 0.29) is 13.2 Å². The standard InChI is InChI=1S/C26H28ClNO5/c1-4-31-23-10-8-7-9-20(23)24-21(25(29)32-5-2)16-28(17-22(24)26(30)33-6-3)15-18-11-13-19(27)14-12-18/h7-14,16-17,24H,4-6,15H2,1-3H3. The lowest BCUT2D eigenvalue weighted by Crippen LogP contribution is -2.29. The van der Waals surface area contributed by atoms with Gasteiger partial charge < -0.3 is 19.1 Å². The summed E-state index contributed by atoms with van der Waals surface area (Å²) in [6, 6.07) is 14.8. The van der Waals surface area contributed by atoms with Crippen molar-refractivity contribution >= 4 is 23.5 Å². The Bertz CT molecular complexity index is 1010. The van der Waals surface area contributed by atoms with Crippen molar-refractivity contribution in [3.63, 3.8) is 0 Å². The van der Waals surface area contributed by atoms with Gasteiger partial charge in [0.05, 0.1) is 36.9 Å². The first-order valence-corrected chi connectivity index (χ1v) is 11.4. The summed E-state index contributed by atoms with van der Waals surface area (Å²) in [6.07, 6.45) is 3.45. The molecule has 1 heterocycles. The van der Waals surface area contributed by atoms with Gasteiger partial charge in [0.2, 0.25) is 0 Å². The Morgan fingerprint density at radius 3 is 1.97 bits per heavy atom. The van der Waals surface area contributed by atoms with Gasteiger partial charge in [-0.1, -0.05) is 41.9 Å². The zero-order valence-electron chi connectivity index (χ0n) is 19.0. The first-order valence-electron chi connectivity index (χ1n) is 11.0. The summed E-state index contributed by atoms with van der Waals surface area (Å²) in [5.74, 6) is -1.08. The van der Waals surface area contributed by atoms with Crippen molar-refractivity contribution < 1.29 is 23.8 Å². The van der Waals surface area contributed by atoms with Crippen LogP contribution in [0, 0.1) is 0 Å². The van der Waals surface area contributed by atoms with Gasteiger partial charge in [0.15, 0.2) is 0 Å². The van der Waals surface area contributed by atoms with E-state index in [0.717, 1.165) is 5.56 Å². The second kappa shape index (κ2) is 11.6. The maximum absolute atomic E-state index is 13.1. The highest BCUT2D eigenvalue weighted by Crippen LogP contribution is 2.41. The van der Waals surface area contributed by atoms with Crippen molar-refractivity contribution in [2.75, 3.05) is 19.8 Å². The minimum atomic E-state index is -0.688. The van der Waals surface area contributed by atoms with Crippen LogP contribution in [0.5, 0.6) is 5.75 Å². The van der Waals surface area contributed by atoms with E-state index in [1.807, 2.05) is 43.3 Å². The lowest BCUT2D eigenvalue weighted by atomic mass is 9.82. The minimum Gasteiger partial charge on any atom is -0.494 e. The molecule has 0 saturated carbocycles. The molecule has 0 saturated heterocycles. The predicted molar refractivity (Wildman–Crippen MR) is 127 cm³/mol. The molecule has 7 heteroatoms. The van der Waals surface area contributed by atoms with E-state index in [0.29, 0.717) is 40.6 Å². The first-order chi connectivity index (χ1) is 16.0. The molecule has 3 rings (SSSR count). The van der Waals surface area contributed by atoms with Gasteiger partial charge in [-0.3, -0.25) is 0 Å². The summed E-state index contributed by atoms with van der Waals surface area (Å²) in [7, 11) is 0. The van der Waals surface area contributed by atoms with Crippen LogP contribution in [0.1, 0.15) is 37.8 Å². The molecule has 33 heavy (non-hydrogen) atoms. The molecule has 1 aliphatic rings. The van der Waals surface area contributed by atoms with Crippen molar-refractivity contribution in [3.05, 3.63) is 88.2 Å². The highest BCUT2D eigenvalue weighted by atomic mass is 35.5. The summed E-state index contributed by atoms with van der Waals surface area (Å²) in [6.45, 7) is 6.69. The summed E-state index contributed by atoms with van der Waals surface area (Å²) in [5, 5.41) is 0.635. The summed E-state index contributed by atoms with van der Waals surface area (Å²) < 4.78 is 16.5. The second-order valence-corrected chi connectivity index (χ2v) is 7.75. The Balaban J connectivity index is 2.11. The van der Waals surface area contributed by atoms with E-state index in [2.05, 4.69) is 0 Å². The number of nitrogens with zero attached hydrogens (tertiary/aromatic N) is 1. The van der Waals surface area contributed by atoms with Gasteiger partial charge in [-0.05, 0) is 44.5 Å². The van der Waals surface area contributed by atoms with Gasteiger partial charge >= 0.3 is 11.9 Å². The average Bonchev–Trinajstić information content (AvgIpc) is 2.81. The number of halogens is 1. The number of benzene rings is 2. The molecule has 0 bridgehead atoms. The molecular weight excluding hydrogens is 442 g/mol. The largest absolute Gasteiger partial charge is 0.494 e. The van der Waals surface area contributed by atoms with Crippen LogP contribution in [0.4, 0.5) is 0 Å². The molecule has 6 nitrogen and oxygen atoms in total. The van der Waals surface area contributed by atoms with Crippen LogP contribution in [-0.2, 0) is 25.6 Å². The number of ether oxygens (including phenoxy) is 3. The fourth-order valence-corrected chi connectivity index (χ4v) is 3.84. The van der Waals surface area contributed by atoms with Gasteiger partial charge in [-0.2, -0.15) is 0 Å². The van der Waals surface area contributed by atoms with Crippen LogP contribution in [0.15, 0.2) is 72.1 Å². The Morgan fingerprint density at radius 2 is 1.42 bits per heavy atom. The molecule has 0 radical (unpaired) electrons. The predicted octanol–water partition coefficient (Wildman–Crippen LogP) is 5.23. The molecule has 2 aromatic rings. The van der Waals surface area contributed by atoms with Gasteiger partial charge in [0.25, 0.3) is 0 Å². The Kier molecular flexibility index (Phi) is 8.55. The van der Waals surface area contributed by atoms with Crippen LogP contribution in [0.3, 0.4) is 0 Å². The molecule has 174 valence electrons. The van der Waals surface area contributed by atoms with Gasteiger partial charge in [0.1, 0.15) is 5.75 Å². The third kappa shape index (κ3) is 5.96. The maximum Gasteiger partial charge on any atom is 0.336 e. The van der Waals surface area contributed by atoms with Crippen molar-refractivity contribution in [1.29, 1.82) is 0 Å². The number of esters is 2. The van der Waals surface area contributed by atoms with Crippen molar-refractivity contribution in [2.45, 2.75) is 33.2 Å². The molecule has 0 aliphatic carbocycles. The number of carbonyl (C=O) groups is 2. The summed E-state index contributed by atoms with van der Waals surface area (Å²) in [4.78, 5) is 27.9. The summed E-state index contributed by atoms with van der Waals surface area (Å²) >= 11 is 6.01. The molecule has 0 spiro atoms. The molecule has 0 atom stereocenters. The average molecular weight is 470 g/mol. The van der Waals surface area contributed by atoms with Crippen molar-refractivity contribution in [3.8, 4) is 5.75 Å². The zero-order chi connectivity index (χ0) is 23.8. The van der Waals surface area contributed by atoms with E-state index in [9.17, 15) is 9.59 Å². The molecule has 0 unspecified atom stereocenters. The fraction of sp³-hybridized carbons (Fsp3) is 0.308. The fourth-order valence-electron chi connectivity index (χ4n) is 3.71. The van der Waals surface area contributed by atoms with E-state index >= 15 is 0 Å². The number of para-hydroxylation sites is 1. The molecule has 2 aromatic carbocycles. The zero-order valence-corrected chi connectivity index (χ0v) is 19.8. The van der Waals surface area contributed by atoms with Gasteiger partial charge in [0, 0.05) is 29.5 Å². The Hall–Kier alpha value is -3.25. The highest BCUT2D eigenvalue weighted by Gasteiger charge is 2.37. The molecule has 0 aromatic heterocycles. The van der Waals surface area contributed by atoms with E-state index in [1.54, 1.807) is 43.3 Å². The highest BCUT2D eigenvalue weighted by molar-refractivity contribution is 6.30. The minimum absolute atomic E-state index is 0.214. The van der Waals surface area contributed by atoms with Crippen LogP contribution < -0.4 is 4.74 Å². The number of hydrogen-bond acceptors (Lipinski definition) is 6. The van der Waals surface area contributed by atoms with Crippen LogP contribution in [0.25, 0.3) is 0 Å². The first kappa shape index (κ1) is 24.4. The smallest absolute Gasteiger partial charge is 0.336 e. The van der Waals surface area contributed by atoms with Gasteiger partial charge in [-0.15, -0.1) is 0 Å². The molecule has 0 amide bonds. The third-order valence-electron chi connectivity index (χ3n) is 5.06. The van der Waals surface area contributed by atoms with E-state index < -0.39 is 17.9 Å². The Labute approximate surface area is 199 Å². The lowest BCUT2D eigenvalue weighted by Gasteiger charge is -2.31. The lowest BCUT2D eigenvalue weighted by molar-refractivity contribution is -0.139.